The predicted octanol–water partition coefficient (Wildman–Crippen LogP) is 2.76. The lowest BCUT2D eigenvalue weighted by Gasteiger charge is -2.15. The zero-order chi connectivity index (χ0) is 25.1. The van der Waals surface area contributed by atoms with Crippen molar-refractivity contribution in [3.05, 3.63) is 77.6 Å². The van der Waals surface area contributed by atoms with Gasteiger partial charge in [-0.05, 0) is 67.8 Å². The number of anilines is 2. The van der Waals surface area contributed by atoms with Crippen LogP contribution in [0.1, 0.15) is 34.5 Å². The first-order valence-corrected chi connectivity index (χ1v) is 14.0. The number of benzene rings is 2. The van der Waals surface area contributed by atoms with Gasteiger partial charge in [0.05, 0.1) is 10.6 Å². The van der Waals surface area contributed by atoms with Gasteiger partial charge in [0, 0.05) is 36.2 Å². The zero-order valence-corrected chi connectivity index (χ0v) is 20.6. The Morgan fingerprint density at radius 2 is 1.60 bits per heavy atom. The zero-order valence-electron chi connectivity index (χ0n) is 19.0. The van der Waals surface area contributed by atoms with Gasteiger partial charge in [0.2, 0.25) is 16.0 Å². The normalized spacial score (nSPS) is 14.5. The maximum atomic E-state index is 12.6. The van der Waals surface area contributed by atoms with E-state index in [1.807, 2.05) is 0 Å². The van der Waals surface area contributed by atoms with Crippen LogP contribution in [0.4, 0.5) is 11.6 Å². The van der Waals surface area contributed by atoms with E-state index in [1.165, 1.54) is 34.8 Å². The number of hydrogen-bond acceptors (Lipinski definition) is 7. The molecule has 0 spiro atoms. The highest BCUT2D eigenvalue weighted by molar-refractivity contribution is 7.92. The summed E-state index contributed by atoms with van der Waals surface area (Å²) in [5.41, 5.74) is 1.98. The molecular weight excluding hydrogens is 490 g/mol. The Morgan fingerprint density at radius 1 is 0.943 bits per heavy atom. The average Bonchev–Trinajstić information content (AvgIpc) is 3.36. The largest absolute Gasteiger partial charge is 0.322 e. The number of amides is 1. The lowest BCUT2D eigenvalue weighted by molar-refractivity contribution is 0.102. The minimum absolute atomic E-state index is 0.0100. The molecule has 1 amide bonds. The average molecular weight is 516 g/mol. The third-order valence-corrected chi connectivity index (χ3v) is 8.66. The van der Waals surface area contributed by atoms with Crippen LogP contribution in [0.2, 0.25) is 0 Å². The Labute approximate surface area is 204 Å². The summed E-state index contributed by atoms with van der Waals surface area (Å²) < 4.78 is 53.9. The smallest absolute Gasteiger partial charge is 0.264 e. The number of sulfonamides is 2. The van der Waals surface area contributed by atoms with Crippen molar-refractivity contribution in [1.82, 2.24) is 14.3 Å². The van der Waals surface area contributed by atoms with Gasteiger partial charge in [0.1, 0.15) is 0 Å². The van der Waals surface area contributed by atoms with E-state index in [4.69, 9.17) is 0 Å². The van der Waals surface area contributed by atoms with Gasteiger partial charge in [-0.3, -0.25) is 4.79 Å². The van der Waals surface area contributed by atoms with E-state index in [1.54, 1.807) is 37.3 Å². The first-order chi connectivity index (χ1) is 16.6. The second-order valence-electron chi connectivity index (χ2n) is 8.16. The van der Waals surface area contributed by atoms with E-state index < -0.39 is 26.0 Å². The van der Waals surface area contributed by atoms with E-state index in [-0.39, 0.29) is 16.6 Å². The fraction of sp³-hybridized carbons (Fsp3) is 0.261. The number of nitrogens with zero attached hydrogens (tertiary/aromatic N) is 3. The summed E-state index contributed by atoms with van der Waals surface area (Å²) in [5, 5.41) is 2.70. The molecule has 1 saturated heterocycles. The molecule has 0 radical (unpaired) electrons. The van der Waals surface area contributed by atoms with Gasteiger partial charge in [-0.1, -0.05) is 12.1 Å². The van der Waals surface area contributed by atoms with Crippen LogP contribution in [0.3, 0.4) is 0 Å². The first kappa shape index (κ1) is 24.8. The van der Waals surface area contributed by atoms with Crippen molar-refractivity contribution in [1.29, 1.82) is 0 Å². The van der Waals surface area contributed by atoms with Gasteiger partial charge in [-0.15, -0.1) is 0 Å². The Kier molecular flexibility index (Phi) is 7.15. The third-order valence-electron chi connectivity index (χ3n) is 5.47. The fourth-order valence-corrected chi connectivity index (χ4v) is 6.18. The molecule has 1 fully saturated rings. The van der Waals surface area contributed by atoms with Crippen molar-refractivity contribution in [2.75, 3.05) is 23.1 Å². The Morgan fingerprint density at radius 3 is 2.23 bits per heavy atom. The van der Waals surface area contributed by atoms with Crippen LogP contribution < -0.4 is 10.0 Å². The molecule has 4 rings (SSSR count). The number of carbonyl (C=O) groups is 1. The number of carbonyl (C=O) groups excluding carboxylic acids is 1. The van der Waals surface area contributed by atoms with Crippen LogP contribution >= 0.6 is 0 Å². The van der Waals surface area contributed by atoms with Gasteiger partial charge in [-0.25, -0.2) is 35.8 Å². The van der Waals surface area contributed by atoms with Crippen molar-refractivity contribution in [3.8, 4) is 0 Å². The highest BCUT2D eigenvalue weighted by atomic mass is 32.2. The van der Waals surface area contributed by atoms with Crippen LogP contribution in [0.15, 0.2) is 65.7 Å². The predicted molar refractivity (Wildman–Crippen MR) is 132 cm³/mol. The maximum absolute atomic E-state index is 12.6. The van der Waals surface area contributed by atoms with Gasteiger partial charge in [0.15, 0.2) is 0 Å². The summed E-state index contributed by atoms with van der Waals surface area (Å²) in [4.78, 5) is 20.5. The summed E-state index contributed by atoms with van der Waals surface area (Å²) in [5.74, 6) is -0.535. The lowest BCUT2D eigenvalue weighted by Crippen LogP contribution is -2.29. The van der Waals surface area contributed by atoms with E-state index >= 15 is 0 Å². The molecule has 0 aliphatic carbocycles. The second kappa shape index (κ2) is 10.1. The molecule has 1 aliphatic heterocycles. The lowest BCUT2D eigenvalue weighted by atomic mass is 10.1. The van der Waals surface area contributed by atoms with Gasteiger partial charge in [0.25, 0.3) is 15.9 Å². The van der Waals surface area contributed by atoms with E-state index in [9.17, 15) is 21.6 Å². The Balaban J connectivity index is 1.38. The maximum Gasteiger partial charge on any atom is 0.264 e. The summed E-state index contributed by atoms with van der Waals surface area (Å²) >= 11 is 0. The molecule has 0 bridgehead atoms. The van der Waals surface area contributed by atoms with Crippen molar-refractivity contribution in [2.24, 2.45) is 0 Å². The van der Waals surface area contributed by atoms with Crippen LogP contribution in [0.5, 0.6) is 0 Å². The number of aryl methyl sites for hydroxylation is 1. The molecule has 2 aromatic carbocycles. The minimum Gasteiger partial charge on any atom is -0.322 e. The number of nitrogens with one attached hydrogen (secondary N) is 2. The third kappa shape index (κ3) is 6.21. The molecule has 35 heavy (non-hydrogen) atoms. The molecule has 1 aromatic heterocycles. The van der Waals surface area contributed by atoms with Crippen LogP contribution in [-0.4, -0.2) is 50.1 Å². The van der Waals surface area contributed by atoms with Gasteiger partial charge >= 0.3 is 0 Å². The van der Waals surface area contributed by atoms with E-state index in [0.29, 0.717) is 35.6 Å². The van der Waals surface area contributed by atoms with Gasteiger partial charge in [-0.2, -0.15) is 0 Å². The highest BCUT2D eigenvalue weighted by Crippen LogP contribution is 2.19. The molecule has 2 heterocycles. The summed E-state index contributed by atoms with van der Waals surface area (Å²) in [6.45, 7) is 2.83. The topological polar surface area (TPSA) is 138 Å². The second-order valence-corrected chi connectivity index (χ2v) is 11.8. The molecule has 12 heteroatoms. The monoisotopic (exact) mass is 515 g/mol. The first-order valence-electron chi connectivity index (χ1n) is 10.9. The molecular formula is C23H25N5O5S2. The summed E-state index contributed by atoms with van der Waals surface area (Å²) in [6.07, 6.45) is 3.21. The molecule has 3 aromatic rings. The van der Waals surface area contributed by atoms with E-state index in [2.05, 4.69) is 20.0 Å². The number of rotatable bonds is 8. The van der Waals surface area contributed by atoms with Crippen LogP contribution in [0, 0.1) is 6.92 Å². The Bertz CT molecular complexity index is 1420. The standard InChI is InChI=1S/C23H25N5O5S2/c1-17-12-13-24-23(25-17)27-35(32,33)21-10-8-20(9-11-21)26-22(29)19-6-4-18(5-7-19)16-34(30,31)28-14-2-3-15-28/h4-13H,2-3,14-16H2,1H3,(H,26,29)(H,24,25,27). The van der Waals surface area contributed by atoms with Crippen molar-refractivity contribution in [2.45, 2.75) is 30.4 Å². The van der Waals surface area contributed by atoms with E-state index in [0.717, 1.165) is 12.8 Å². The van der Waals surface area contributed by atoms with Crippen molar-refractivity contribution >= 4 is 37.6 Å². The molecule has 2 N–H and O–H groups in total. The highest BCUT2D eigenvalue weighted by Gasteiger charge is 2.25. The van der Waals surface area contributed by atoms with Crippen LogP contribution in [-0.2, 0) is 25.8 Å². The summed E-state index contributed by atoms with van der Waals surface area (Å²) in [6, 6.07) is 13.7. The van der Waals surface area contributed by atoms with Crippen LogP contribution in [0.25, 0.3) is 0 Å². The molecule has 10 nitrogen and oxygen atoms in total. The Hall–Kier alpha value is -3.35. The molecule has 0 saturated carbocycles. The molecule has 184 valence electrons. The number of hydrogen-bond donors (Lipinski definition) is 2. The SMILES string of the molecule is Cc1ccnc(NS(=O)(=O)c2ccc(NC(=O)c3ccc(CS(=O)(=O)N4CCCC4)cc3)cc2)n1. The molecule has 1 aliphatic rings. The number of aromatic nitrogens is 2. The quantitative estimate of drug-likeness (QED) is 0.470. The molecule has 0 unspecified atom stereocenters. The minimum atomic E-state index is -3.89. The van der Waals surface area contributed by atoms with Gasteiger partial charge < -0.3 is 5.32 Å². The molecule has 0 atom stereocenters. The fourth-order valence-electron chi connectivity index (χ4n) is 3.62. The van der Waals surface area contributed by atoms with Crippen molar-refractivity contribution in [3.63, 3.8) is 0 Å². The summed E-state index contributed by atoms with van der Waals surface area (Å²) in [7, 11) is -7.26. The van der Waals surface area contributed by atoms with Crippen molar-refractivity contribution < 1.29 is 21.6 Å².